The highest BCUT2D eigenvalue weighted by molar-refractivity contribution is 5.74. The summed E-state index contributed by atoms with van der Waals surface area (Å²) >= 11 is 0. The molecule has 0 aromatic heterocycles. The smallest absolute Gasteiger partial charge is 0.306 e. The monoisotopic (exact) mass is 199 g/mol. The number of hydrogen-bond donors (Lipinski definition) is 1. The number of amides is 1. The van der Waals surface area contributed by atoms with Crippen molar-refractivity contribution in [3.63, 3.8) is 0 Å². The molecule has 2 unspecified atom stereocenters. The maximum absolute atomic E-state index is 11.1. The normalized spacial score (nSPS) is 27.4. The van der Waals surface area contributed by atoms with Crippen molar-refractivity contribution >= 4 is 11.9 Å². The molecule has 0 aliphatic carbocycles. The molecule has 1 saturated heterocycles. The van der Waals surface area contributed by atoms with E-state index in [0.29, 0.717) is 19.5 Å². The highest BCUT2D eigenvalue weighted by atomic mass is 16.4. The van der Waals surface area contributed by atoms with Gasteiger partial charge < -0.3 is 10.0 Å². The molecule has 1 N–H and O–H groups in total. The highest BCUT2D eigenvalue weighted by Gasteiger charge is 2.33. The number of carboxylic acid groups (broad SMARTS) is 1. The maximum Gasteiger partial charge on any atom is 0.306 e. The molecule has 1 aliphatic rings. The summed E-state index contributed by atoms with van der Waals surface area (Å²) in [7, 11) is 0. The molecule has 0 aromatic carbocycles. The zero-order valence-electron chi connectivity index (χ0n) is 8.69. The Morgan fingerprint density at radius 2 is 2.14 bits per heavy atom. The number of nitrogens with zero attached hydrogens (tertiary/aromatic N) is 1. The zero-order chi connectivity index (χ0) is 10.7. The van der Waals surface area contributed by atoms with Crippen LogP contribution in [0.2, 0.25) is 0 Å². The second-order valence-corrected chi connectivity index (χ2v) is 3.87. The van der Waals surface area contributed by atoms with Crippen molar-refractivity contribution in [2.75, 3.05) is 13.1 Å². The van der Waals surface area contributed by atoms with Gasteiger partial charge in [-0.3, -0.25) is 9.59 Å². The number of carbonyl (C=O) groups excluding carboxylic acids is 1. The quantitative estimate of drug-likeness (QED) is 0.720. The molecule has 0 radical (unpaired) electrons. The fourth-order valence-corrected chi connectivity index (χ4v) is 2.06. The number of hydrogen-bond acceptors (Lipinski definition) is 2. The third kappa shape index (κ3) is 2.25. The second-order valence-electron chi connectivity index (χ2n) is 3.87. The molecular weight excluding hydrogens is 182 g/mol. The molecule has 80 valence electrons. The van der Waals surface area contributed by atoms with Gasteiger partial charge in [0, 0.05) is 20.0 Å². The summed E-state index contributed by atoms with van der Waals surface area (Å²) in [6.45, 7) is 4.70. The van der Waals surface area contributed by atoms with E-state index < -0.39 is 5.97 Å². The average Bonchev–Trinajstić information content (AvgIpc) is 2.16. The molecule has 0 bridgehead atoms. The number of carbonyl (C=O) groups is 2. The van der Waals surface area contributed by atoms with Crippen molar-refractivity contribution in [1.82, 2.24) is 4.90 Å². The van der Waals surface area contributed by atoms with E-state index >= 15 is 0 Å². The van der Waals surface area contributed by atoms with Crippen LogP contribution in [-0.2, 0) is 9.59 Å². The van der Waals surface area contributed by atoms with Gasteiger partial charge in [-0.25, -0.2) is 0 Å². The first-order chi connectivity index (χ1) is 6.56. The molecule has 1 aliphatic heterocycles. The summed E-state index contributed by atoms with van der Waals surface area (Å²) in [5, 5.41) is 8.96. The summed E-state index contributed by atoms with van der Waals surface area (Å²) in [5.74, 6) is -0.826. The topological polar surface area (TPSA) is 57.6 Å². The van der Waals surface area contributed by atoms with Crippen LogP contribution < -0.4 is 0 Å². The minimum Gasteiger partial charge on any atom is -0.481 e. The lowest BCUT2D eigenvalue weighted by Gasteiger charge is -2.35. The van der Waals surface area contributed by atoms with Crippen molar-refractivity contribution in [2.45, 2.75) is 26.7 Å². The molecule has 1 heterocycles. The average molecular weight is 199 g/mol. The lowest BCUT2D eigenvalue weighted by Crippen LogP contribution is -2.44. The number of carboxylic acids is 1. The highest BCUT2D eigenvalue weighted by Crippen LogP contribution is 2.26. The number of aliphatic carboxylic acids is 1. The SMILES string of the molecule is CCC1CN(C(C)=O)CCC1C(=O)O. The van der Waals surface area contributed by atoms with Crippen molar-refractivity contribution in [3.8, 4) is 0 Å². The van der Waals surface area contributed by atoms with Gasteiger partial charge in [0.1, 0.15) is 0 Å². The van der Waals surface area contributed by atoms with Crippen molar-refractivity contribution in [3.05, 3.63) is 0 Å². The van der Waals surface area contributed by atoms with Gasteiger partial charge in [0.15, 0.2) is 0 Å². The van der Waals surface area contributed by atoms with Crippen LogP contribution in [0.3, 0.4) is 0 Å². The molecule has 0 aromatic rings. The first-order valence-electron chi connectivity index (χ1n) is 5.04. The molecule has 2 atom stereocenters. The van der Waals surface area contributed by atoms with E-state index in [-0.39, 0.29) is 17.7 Å². The molecule has 4 nitrogen and oxygen atoms in total. The number of rotatable bonds is 2. The van der Waals surface area contributed by atoms with E-state index in [2.05, 4.69) is 0 Å². The summed E-state index contributed by atoms with van der Waals surface area (Å²) < 4.78 is 0. The molecular formula is C10H17NO3. The molecule has 1 amide bonds. The van der Waals surface area contributed by atoms with E-state index in [4.69, 9.17) is 5.11 Å². The molecule has 14 heavy (non-hydrogen) atoms. The fraction of sp³-hybridized carbons (Fsp3) is 0.800. The van der Waals surface area contributed by atoms with E-state index in [1.165, 1.54) is 6.92 Å². The first kappa shape index (κ1) is 11.0. The Morgan fingerprint density at radius 1 is 1.50 bits per heavy atom. The summed E-state index contributed by atoms with van der Waals surface area (Å²) in [6, 6.07) is 0. The largest absolute Gasteiger partial charge is 0.481 e. The van der Waals surface area contributed by atoms with Gasteiger partial charge in [-0.05, 0) is 12.3 Å². The predicted molar refractivity (Wildman–Crippen MR) is 51.8 cm³/mol. The van der Waals surface area contributed by atoms with E-state index in [1.54, 1.807) is 4.90 Å². The third-order valence-corrected chi connectivity index (χ3v) is 3.02. The van der Waals surface area contributed by atoms with Gasteiger partial charge in [0.2, 0.25) is 5.91 Å². The van der Waals surface area contributed by atoms with E-state index in [0.717, 1.165) is 6.42 Å². The van der Waals surface area contributed by atoms with Crippen LogP contribution in [0, 0.1) is 11.8 Å². The fourth-order valence-electron chi connectivity index (χ4n) is 2.06. The summed E-state index contributed by atoms with van der Waals surface area (Å²) in [5.41, 5.74) is 0. The Bertz CT molecular complexity index is 240. The van der Waals surface area contributed by atoms with Crippen molar-refractivity contribution in [1.29, 1.82) is 0 Å². The van der Waals surface area contributed by atoms with E-state index in [1.807, 2.05) is 6.92 Å². The van der Waals surface area contributed by atoms with Gasteiger partial charge in [-0.1, -0.05) is 13.3 Å². The van der Waals surface area contributed by atoms with Gasteiger partial charge in [0.25, 0.3) is 0 Å². The van der Waals surface area contributed by atoms with Crippen LogP contribution in [0.5, 0.6) is 0 Å². The Balaban J connectivity index is 2.63. The van der Waals surface area contributed by atoms with Crippen LogP contribution >= 0.6 is 0 Å². The van der Waals surface area contributed by atoms with Crippen LogP contribution in [0.4, 0.5) is 0 Å². The molecule has 0 spiro atoms. The summed E-state index contributed by atoms with van der Waals surface area (Å²) in [4.78, 5) is 23.8. The lowest BCUT2D eigenvalue weighted by atomic mass is 9.84. The summed E-state index contributed by atoms with van der Waals surface area (Å²) in [6.07, 6.45) is 1.41. The van der Waals surface area contributed by atoms with Crippen molar-refractivity contribution < 1.29 is 14.7 Å². The number of likely N-dealkylation sites (tertiary alicyclic amines) is 1. The Hall–Kier alpha value is -1.06. The maximum atomic E-state index is 11.1. The van der Waals surface area contributed by atoms with Gasteiger partial charge in [0.05, 0.1) is 5.92 Å². The van der Waals surface area contributed by atoms with Crippen LogP contribution in [-0.4, -0.2) is 35.0 Å². The molecule has 1 fully saturated rings. The minimum absolute atomic E-state index is 0.0484. The number of piperidine rings is 1. The minimum atomic E-state index is -0.722. The van der Waals surface area contributed by atoms with Crippen LogP contribution in [0.15, 0.2) is 0 Å². The second kappa shape index (κ2) is 4.44. The Kier molecular flexibility index (Phi) is 3.49. The Morgan fingerprint density at radius 3 is 2.57 bits per heavy atom. The van der Waals surface area contributed by atoms with E-state index in [9.17, 15) is 9.59 Å². The Labute approximate surface area is 83.9 Å². The van der Waals surface area contributed by atoms with Crippen LogP contribution in [0.1, 0.15) is 26.7 Å². The predicted octanol–water partition coefficient (Wildman–Crippen LogP) is 0.966. The standard InChI is InChI=1S/C10H17NO3/c1-3-8-6-11(7(2)12)5-4-9(8)10(13)14/h8-9H,3-6H2,1-2H3,(H,13,14). The third-order valence-electron chi connectivity index (χ3n) is 3.02. The van der Waals surface area contributed by atoms with Gasteiger partial charge >= 0.3 is 5.97 Å². The lowest BCUT2D eigenvalue weighted by molar-refractivity contribution is -0.148. The molecule has 1 rings (SSSR count). The molecule has 4 heteroatoms. The van der Waals surface area contributed by atoms with Crippen molar-refractivity contribution in [2.24, 2.45) is 11.8 Å². The molecule has 0 saturated carbocycles. The van der Waals surface area contributed by atoms with Gasteiger partial charge in [-0.2, -0.15) is 0 Å². The zero-order valence-corrected chi connectivity index (χ0v) is 8.69. The van der Waals surface area contributed by atoms with Crippen LogP contribution in [0.25, 0.3) is 0 Å². The first-order valence-corrected chi connectivity index (χ1v) is 5.04. The van der Waals surface area contributed by atoms with Gasteiger partial charge in [-0.15, -0.1) is 0 Å².